The highest BCUT2D eigenvalue weighted by Crippen LogP contribution is 2.30. The molecule has 3 aliphatic rings. The van der Waals surface area contributed by atoms with E-state index in [0.29, 0.717) is 17.4 Å². The van der Waals surface area contributed by atoms with E-state index in [1.807, 2.05) is 29.2 Å². The van der Waals surface area contributed by atoms with E-state index in [4.69, 9.17) is 0 Å². The Labute approximate surface area is 130 Å². The van der Waals surface area contributed by atoms with Crippen molar-refractivity contribution in [3.63, 3.8) is 0 Å². The van der Waals surface area contributed by atoms with E-state index in [1.54, 1.807) is 0 Å². The van der Waals surface area contributed by atoms with Gasteiger partial charge in [0.2, 0.25) is 5.91 Å². The number of anilines is 1. The molecule has 2 N–H and O–H groups in total. The molecule has 1 aliphatic carbocycles. The minimum Gasteiger partial charge on any atom is -0.338 e. The first-order valence-corrected chi connectivity index (χ1v) is 8.11. The van der Waals surface area contributed by atoms with E-state index in [0.717, 1.165) is 44.7 Å². The van der Waals surface area contributed by atoms with Gasteiger partial charge in [-0.15, -0.1) is 0 Å². The SMILES string of the molecule is O=C(Nc1ccc(C(=O)N2C[C@H]3CNC[C@H]3C2)cc1)C1CC1. The first kappa shape index (κ1) is 13.8. The van der Waals surface area contributed by atoms with Gasteiger partial charge in [-0.2, -0.15) is 0 Å². The Morgan fingerprint density at radius 2 is 1.68 bits per heavy atom. The maximum Gasteiger partial charge on any atom is 0.253 e. The van der Waals surface area contributed by atoms with Gasteiger partial charge >= 0.3 is 0 Å². The molecule has 2 amide bonds. The number of fused-ring (bicyclic) bond motifs is 1. The number of nitrogens with one attached hydrogen (secondary N) is 2. The van der Waals surface area contributed by atoms with Gasteiger partial charge in [-0.1, -0.05) is 0 Å². The van der Waals surface area contributed by atoms with Crippen LogP contribution in [0.25, 0.3) is 0 Å². The van der Waals surface area contributed by atoms with Gasteiger partial charge in [0.1, 0.15) is 0 Å². The normalized spacial score (nSPS) is 26.8. The Kier molecular flexibility index (Phi) is 3.37. The van der Waals surface area contributed by atoms with Crippen LogP contribution in [-0.2, 0) is 4.79 Å². The average molecular weight is 299 g/mol. The number of carbonyl (C=O) groups is 2. The molecule has 3 fully saturated rings. The number of hydrogen-bond donors (Lipinski definition) is 2. The predicted octanol–water partition coefficient (Wildman–Crippen LogP) is 1.33. The highest BCUT2D eigenvalue weighted by Gasteiger charge is 2.38. The molecule has 4 rings (SSSR count). The van der Waals surface area contributed by atoms with E-state index in [-0.39, 0.29) is 17.7 Å². The van der Waals surface area contributed by atoms with Crippen LogP contribution >= 0.6 is 0 Å². The van der Waals surface area contributed by atoms with Gasteiger partial charge in [-0.3, -0.25) is 9.59 Å². The Balaban J connectivity index is 1.39. The molecule has 0 bridgehead atoms. The predicted molar refractivity (Wildman–Crippen MR) is 83.5 cm³/mol. The van der Waals surface area contributed by atoms with Gasteiger partial charge in [0.15, 0.2) is 0 Å². The van der Waals surface area contributed by atoms with Crippen LogP contribution in [0.15, 0.2) is 24.3 Å². The second kappa shape index (κ2) is 5.39. The molecule has 5 heteroatoms. The lowest BCUT2D eigenvalue weighted by Gasteiger charge is -2.17. The third-order valence-electron chi connectivity index (χ3n) is 5.02. The second-order valence-corrected chi connectivity index (χ2v) is 6.73. The number of hydrogen-bond acceptors (Lipinski definition) is 3. The number of rotatable bonds is 3. The minimum atomic E-state index is 0.0962. The van der Waals surface area contributed by atoms with Crippen molar-refractivity contribution in [2.45, 2.75) is 12.8 Å². The van der Waals surface area contributed by atoms with Crippen LogP contribution in [-0.4, -0.2) is 42.9 Å². The standard InChI is InChI=1S/C17H21N3O2/c21-16(11-1-2-11)19-15-5-3-12(4-6-15)17(22)20-9-13-7-18-8-14(13)10-20/h3-6,11,13-14,18H,1-2,7-10H2,(H,19,21)/t13-,14+. The maximum absolute atomic E-state index is 12.5. The molecule has 1 aromatic rings. The molecular formula is C17H21N3O2. The van der Waals surface area contributed by atoms with Crippen molar-refractivity contribution >= 4 is 17.5 Å². The van der Waals surface area contributed by atoms with Gasteiger partial charge in [0, 0.05) is 43.3 Å². The Morgan fingerprint density at radius 1 is 1.05 bits per heavy atom. The topological polar surface area (TPSA) is 61.4 Å². The number of nitrogens with zero attached hydrogens (tertiary/aromatic N) is 1. The summed E-state index contributed by atoms with van der Waals surface area (Å²) in [6, 6.07) is 7.28. The van der Waals surface area contributed by atoms with Crippen molar-refractivity contribution in [3.8, 4) is 0 Å². The molecule has 1 saturated carbocycles. The number of amides is 2. The van der Waals surface area contributed by atoms with Crippen molar-refractivity contribution in [1.82, 2.24) is 10.2 Å². The molecular weight excluding hydrogens is 278 g/mol. The molecule has 116 valence electrons. The van der Waals surface area contributed by atoms with Crippen molar-refractivity contribution in [2.75, 3.05) is 31.5 Å². The summed E-state index contributed by atoms with van der Waals surface area (Å²) in [7, 11) is 0. The largest absolute Gasteiger partial charge is 0.338 e. The summed E-state index contributed by atoms with van der Waals surface area (Å²) < 4.78 is 0. The Bertz CT molecular complexity index is 582. The summed E-state index contributed by atoms with van der Waals surface area (Å²) in [5.41, 5.74) is 1.48. The van der Waals surface area contributed by atoms with E-state index in [1.165, 1.54) is 0 Å². The Hall–Kier alpha value is -1.88. The van der Waals surface area contributed by atoms with Crippen LogP contribution in [0.3, 0.4) is 0 Å². The maximum atomic E-state index is 12.5. The Morgan fingerprint density at radius 3 is 2.27 bits per heavy atom. The molecule has 2 heterocycles. The minimum absolute atomic E-state index is 0.0962. The molecule has 2 aliphatic heterocycles. The van der Waals surface area contributed by atoms with E-state index < -0.39 is 0 Å². The molecule has 0 unspecified atom stereocenters. The number of carbonyl (C=O) groups excluding carboxylic acids is 2. The summed E-state index contributed by atoms with van der Waals surface area (Å²) in [5.74, 6) is 1.62. The summed E-state index contributed by atoms with van der Waals surface area (Å²) in [4.78, 5) is 26.2. The first-order valence-electron chi connectivity index (χ1n) is 8.11. The van der Waals surface area contributed by atoms with Gasteiger partial charge in [-0.25, -0.2) is 0 Å². The van der Waals surface area contributed by atoms with Crippen molar-refractivity contribution in [3.05, 3.63) is 29.8 Å². The lowest BCUT2D eigenvalue weighted by molar-refractivity contribution is -0.117. The smallest absolute Gasteiger partial charge is 0.253 e. The lowest BCUT2D eigenvalue weighted by atomic mass is 10.0. The molecule has 2 saturated heterocycles. The average Bonchev–Trinajstić information content (AvgIpc) is 3.16. The fourth-order valence-electron chi connectivity index (χ4n) is 3.49. The van der Waals surface area contributed by atoms with Crippen molar-refractivity contribution < 1.29 is 9.59 Å². The molecule has 5 nitrogen and oxygen atoms in total. The quantitative estimate of drug-likeness (QED) is 0.885. The van der Waals surface area contributed by atoms with Gasteiger partial charge < -0.3 is 15.5 Å². The third-order valence-corrected chi connectivity index (χ3v) is 5.02. The molecule has 0 aromatic heterocycles. The van der Waals surface area contributed by atoms with Crippen LogP contribution in [0.5, 0.6) is 0 Å². The number of benzene rings is 1. The second-order valence-electron chi connectivity index (χ2n) is 6.73. The number of likely N-dealkylation sites (tertiary alicyclic amines) is 1. The molecule has 1 aromatic carbocycles. The summed E-state index contributed by atoms with van der Waals surface area (Å²) in [6.07, 6.45) is 1.99. The van der Waals surface area contributed by atoms with Crippen LogP contribution in [0.2, 0.25) is 0 Å². The molecule has 0 radical (unpaired) electrons. The fraction of sp³-hybridized carbons (Fsp3) is 0.529. The highest BCUT2D eigenvalue weighted by molar-refractivity contribution is 5.97. The summed E-state index contributed by atoms with van der Waals surface area (Å²) in [5, 5.41) is 6.28. The van der Waals surface area contributed by atoms with Crippen molar-refractivity contribution in [2.24, 2.45) is 17.8 Å². The van der Waals surface area contributed by atoms with Gasteiger partial charge in [0.05, 0.1) is 0 Å². The fourth-order valence-corrected chi connectivity index (χ4v) is 3.49. The summed E-state index contributed by atoms with van der Waals surface area (Å²) in [6.45, 7) is 3.77. The van der Waals surface area contributed by atoms with E-state index >= 15 is 0 Å². The zero-order valence-electron chi connectivity index (χ0n) is 12.5. The van der Waals surface area contributed by atoms with Crippen LogP contribution < -0.4 is 10.6 Å². The zero-order valence-corrected chi connectivity index (χ0v) is 12.5. The first-order chi connectivity index (χ1) is 10.7. The van der Waals surface area contributed by atoms with Crippen LogP contribution in [0.1, 0.15) is 23.2 Å². The summed E-state index contributed by atoms with van der Waals surface area (Å²) >= 11 is 0. The monoisotopic (exact) mass is 299 g/mol. The molecule has 0 spiro atoms. The van der Waals surface area contributed by atoms with Crippen LogP contribution in [0, 0.1) is 17.8 Å². The van der Waals surface area contributed by atoms with Crippen molar-refractivity contribution in [1.29, 1.82) is 0 Å². The third kappa shape index (κ3) is 2.61. The molecule has 2 atom stereocenters. The van der Waals surface area contributed by atoms with Crippen LogP contribution in [0.4, 0.5) is 5.69 Å². The van der Waals surface area contributed by atoms with Gasteiger partial charge in [0.25, 0.3) is 5.91 Å². The zero-order chi connectivity index (χ0) is 15.1. The van der Waals surface area contributed by atoms with Gasteiger partial charge in [-0.05, 0) is 48.9 Å². The highest BCUT2D eigenvalue weighted by atomic mass is 16.2. The van der Waals surface area contributed by atoms with E-state index in [2.05, 4.69) is 10.6 Å². The molecule has 22 heavy (non-hydrogen) atoms. The van der Waals surface area contributed by atoms with E-state index in [9.17, 15) is 9.59 Å². The lowest BCUT2D eigenvalue weighted by Crippen LogP contribution is -2.31.